The van der Waals surface area contributed by atoms with Crippen LogP contribution in [-0.4, -0.2) is 48.0 Å². The van der Waals surface area contributed by atoms with E-state index in [-0.39, 0.29) is 11.8 Å². The van der Waals surface area contributed by atoms with Crippen molar-refractivity contribution < 1.29 is 9.66 Å². The van der Waals surface area contributed by atoms with Gasteiger partial charge in [0.1, 0.15) is 6.10 Å². The van der Waals surface area contributed by atoms with Crippen molar-refractivity contribution >= 4 is 11.6 Å². The number of hydrogen-bond acceptors (Lipinski definition) is 5. The van der Waals surface area contributed by atoms with Gasteiger partial charge in [-0.05, 0) is 38.1 Å². The largest absolute Gasteiger partial charge is 0.471 e. The molecule has 0 unspecified atom stereocenters. The van der Waals surface area contributed by atoms with Gasteiger partial charge in [0.05, 0.1) is 11.5 Å². The van der Waals surface area contributed by atoms with E-state index in [1.807, 2.05) is 0 Å². The predicted molar refractivity (Wildman–Crippen MR) is 95.6 cm³/mol. The zero-order valence-corrected chi connectivity index (χ0v) is 14.6. The summed E-state index contributed by atoms with van der Waals surface area (Å²) < 4.78 is 5.98. The number of nitrogens with zero attached hydrogens (tertiary/aromatic N) is 3. The molecule has 0 aromatic heterocycles. The topological polar surface area (TPSA) is 68.0 Å². The first-order valence-electron chi connectivity index (χ1n) is 8.82. The van der Waals surface area contributed by atoms with Crippen LogP contribution in [0.25, 0.3) is 0 Å². The van der Waals surface area contributed by atoms with E-state index in [2.05, 4.69) is 23.7 Å². The van der Waals surface area contributed by atoms with Crippen molar-refractivity contribution in [3.63, 3.8) is 0 Å². The molecule has 1 aromatic carbocycles. The third kappa shape index (κ3) is 5.30. The molecule has 2 rings (SSSR count). The molecule has 24 heavy (non-hydrogen) atoms. The van der Waals surface area contributed by atoms with Crippen molar-refractivity contribution in [2.45, 2.75) is 45.6 Å². The molecule has 0 aliphatic carbocycles. The number of rotatable bonds is 10. The van der Waals surface area contributed by atoms with Gasteiger partial charge < -0.3 is 4.74 Å². The van der Waals surface area contributed by atoms with Crippen LogP contribution in [0.3, 0.4) is 0 Å². The van der Waals surface area contributed by atoms with Crippen molar-refractivity contribution in [3.05, 3.63) is 39.9 Å². The van der Waals surface area contributed by atoms with Gasteiger partial charge in [0, 0.05) is 24.2 Å². The number of aliphatic imine (C=N–C) groups is 1. The molecule has 1 aliphatic heterocycles. The summed E-state index contributed by atoms with van der Waals surface area (Å²) in [6, 6.07) is 6.38. The molecule has 0 amide bonds. The first-order chi connectivity index (χ1) is 11.6. The maximum absolute atomic E-state index is 10.7. The third-order valence-corrected chi connectivity index (χ3v) is 4.16. The van der Waals surface area contributed by atoms with Crippen molar-refractivity contribution in [3.8, 4) is 0 Å². The zero-order chi connectivity index (χ0) is 17.4. The zero-order valence-electron chi connectivity index (χ0n) is 14.6. The van der Waals surface area contributed by atoms with Crippen LogP contribution in [0.15, 0.2) is 29.3 Å². The molecule has 0 saturated heterocycles. The van der Waals surface area contributed by atoms with Crippen LogP contribution in [0.4, 0.5) is 5.69 Å². The monoisotopic (exact) mass is 333 g/mol. The maximum atomic E-state index is 10.7. The molecule has 0 saturated carbocycles. The molecule has 1 heterocycles. The van der Waals surface area contributed by atoms with Crippen LogP contribution in [0.2, 0.25) is 0 Å². The Bertz CT molecular complexity index is 549. The van der Waals surface area contributed by atoms with Crippen molar-refractivity contribution in [2.75, 3.05) is 26.2 Å². The Kier molecular flexibility index (Phi) is 7.18. The van der Waals surface area contributed by atoms with E-state index >= 15 is 0 Å². The van der Waals surface area contributed by atoms with Gasteiger partial charge in [-0.15, -0.1) is 0 Å². The summed E-state index contributed by atoms with van der Waals surface area (Å²) in [5, 5.41) is 10.7. The lowest BCUT2D eigenvalue weighted by atomic mass is 10.2. The quantitative estimate of drug-likeness (QED) is 0.484. The molecule has 0 spiro atoms. The van der Waals surface area contributed by atoms with Gasteiger partial charge >= 0.3 is 0 Å². The molecule has 0 fully saturated rings. The Morgan fingerprint density at radius 2 is 1.83 bits per heavy atom. The second-order valence-electron chi connectivity index (χ2n) is 6.20. The highest BCUT2D eigenvalue weighted by Crippen LogP contribution is 2.17. The smallest absolute Gasteiger partial charge is 0.269 e. The molecular weight excluding hydrogens is 306 g/mol. The van der Waals surface area contributed by atoms with E-state index in [9.17, 15) is 10.1 Å². The summed E-state index contributed by atoms with van der Waals surface area (Å²) in [5.74, 6) is 0.598. The Balaban J connectivity index is 1.89. The summed E-state index contributed by atoms with van der Waals surface area (Å²) in [7, 11) is 0. The number of unbranched alkanes of at least 4 members (excludes halogenated alkanes) is 2. The second-order valence-corrected chi connectivity index (χ2v) is 6.20. The number of non-ortho nitro benzene ring substituents is 1. The van der Waals surface area contributed by atoms with Gasteiger partial charge in [-0.1, -0.05) is 26.7 Å². The van der Waals surface area contributed by atoms with E-state index in [1.165, 1.54) is 37.8 Å². The van der Waals surface area contributed by atoms with E-state index in [4.69, 9.17) is 4.74 Å². The summed E-state index contributed by atoms with van der Waals surface area (Å²) in [4.78, 5) is 17.3. The fourth-order valence-electron chi connectivity index (χ4n) is 2.74. The predicted octanol–water partition coefficient (Wildman–Crippen LogP) is 3.64. The minimum Gasteiger partial charge on any atom is -0.471 e. The van der Waals surface area contributed by atoms with Gasteiger partial charge in [-0.25, -0.2) is 4.99 Å². The Morgan fingerprint density at radius 3 is 2.38 bits per heavy atom. The molecule has 1 aliphatic rings. The molecule has 1 atom stereocenters. The van der Waals surface area contributed by atoms with E-state index in [0.717, 1.165) is 25.2 Å². The summed E-state index contributed by atoms with van der Waals surface area (Å²) in [5.41, 5.74) is 0.885. The molecule has 0 bridgehead atoms. The normalized spacial score (nSPS) is 17.0. The van der Waals surface area contributed by atoms with Gasteiger partial charge in [0.25, 0.3) is 5.69 Å². The lowest BCUT2D eigenvalue weighted by Crippen LogP contribution is -2.35. The lowest BCUT2D eigenvalue weighted by molar-refractivity contribution is -0.384. The van der Waals surface area contributed by atoms with Gasteiger partial charge in [0.2, 0.25) is 5.90 Å². The highest BCUT2D eigenvalue weighted by Gasteiger charge is 2.23. The fourth-order valence-corrected chi connectivity index (χ4v) is 2.74. The number of hydrogen-bond donors (Lipinski definition) is 0. The van der Waals surface area contributed by atoms with Gasteiger partial charge in [0.15, 0.2) is 0 Å². The molecule has 0 N–H and O–H groups in total. The third-order valence-electron chi connectivity index (χ3n) is 4.16. The Morgan fingerprint density at radius 1 is 1.21 bits per heavy atom. The second kappa shape index (κ2) is 9.37. The highest BCUT2D eigenvalue weighted by molar-refractivity contribution is 5.95. The first kappa shape index (κ1) is 18.4. The Labute approximate surface area is 143 Å². The van der Waals surface area contributed by atoms with Gasteiger partial charge in [-0.3, -0.25) is 15.0 Å². The van der Waals surface area contributed by atoms with Crippen LogP contribution in [0, 0.1) is 10.1 Å². The Hall–Kier alpha value is -1.95. The minimum atomic E-state index is -0.400. The fraction of sp³-hybridized carbons (Fsp3) is 0.611. The SMILES string of the molecule is CCCCN(CCCC)C[C@@H]1CN=C(c2ccc([N+](=O)[O-])cc2)O1. The van der Waals surface area contributed by atoms with Crippen LogP contribution in [0.5, 0.6) is 0 Å². The van der Waals surface area contributed by atoms with Crippen molar-refractivity contribution in [1.82, 2.24) is 4.90 Å². The van der Waals surface area contributed by atoms with Crippen molar-refractivity contribution in [2.24, 2.45) is 4.99 Å². The number of nitro benzene ring substituents is 1. The molecule has 6 heteroatoms. The summed E-state index contributed by atoms with van der Waals surface area (Å²) in [6.07, 6.45) is 4.86. The molecule has 1 aromatic rings. The van der Waals surface area contributed by atoms with Gasteiger partial charge in [-0.2, -0.15) is 0 Å². The molecular formula is C18H27N3O3. The number of nitro groups is 1. The average Bonchev–Trinajstić information content (AvgIpc) is 3.06. The van der Waals surface area contributed by atoms with Crippen LogP contribution in [0.1, 0.15) is 45.1 Å². The average molecular weight is 333 g/mol. The summed E-state index contributed by atoms with van der Waals surface area (Å²) in [6.45, 7) is 8.16. The molecule has 132 valence electrons. The first-order valence-corrected chi connectivity index (χ1v) is 8.82. The highest BCUT2D eigenvalue weighted by atomic mass is 16.6. The number of benzene rings is 1. The van der Waals surface area contributed by atoms with Crippen molar-refractivity contribution in [1.29, 1.82) is 0 Å². The van der Waals surface area contributed by atoms with E-state index < -0.39 is 4.92 Å². The van der Waals surface area contributed by atoms with Crippen LogP contribution < -0.4 is 0 Å². The summed E-state index contributed by atoms with van der Waals surface area (Å²) >= 11 is 0. The van der Waals surface area contributed by atoms with E-state index in [0.29, 0.717) is 12.4 Å². The molecule has 6 nitrogen and oxygen atoms in total. The van der Waals surface area contributed by atoms with Crippen LogP contribution >= 0.6 is 0 Å². The lowest BCUT2D eigenvalue weighted by Gasteiger charge is -2.24. The maximum Gasteiger partial charge on any atom is 0.269 e. The molecule has 0 radical (unpaired) electrons. The minimum absolute atomic E-state index is 0.0731. The van der Waals surface area contributed by atoms with E-state index in [1.54, 1.807) is 12.1 Å². The van der Waals surface area contributed by atoms with Crippen LogP contribution in [-0.2, 0) is 4.74 Å². The standard InChI is InChI=1S/C18H27N3O3/c1-3-5-11-20(12-6-4-2)14-17-13-19-18(24-17)15-7-9-16(10-8-15)21(22)23/h7-10,17H,3-6,11-14H2,1-2H3/t17-/m0/s1. The number of ether oxygens (including phenoxy) is 1.